The minimum atomic E-state index is -0.798. The third kappa shape index (κ3) is 9.28. The van der Waals surface area contributed by atoms with Gasteiger partial charge in [-0.15, -0.1) is 0 Å². The summed E-state index contributed by atoms with van der Waals surface area (Å²) in [7, 11) is 0.226. The summed E-state index contributed by atoms with van der Waals surface area (Å²) in [5.74, 6) is -1.84. The van der Waals surface area contributed by atoms with Crippen molar-refractivity contribution in [1.29, 1.82) is 0 Å². The van der Waals surface area contributed by atoms with E-state index in [1.165, 1.54) is 18.3 Å². The summed E-state index contributed by atoms with van der Waals surface area (Å²) in [6.07, 6.45) is 1.30. The lowest BCUT2D eigenvalue weighted by Gasteiger charge is -2.36. The lowest BCUT2D eigenvalue weighted by atomic mass is 9.90. The Morgan fingerprint density at radius 1 is 1.20 bits per heavy atom. The standard InChI is InChI=1S/C29H36Cl3FN2O4Si/c1-9-38-27(37)20(15-34-25(16(2)3)29(7,8)39-40-28(4,5)6)24(36)19-14-18(35-26(32)22(19)31)13-17-11-10-12-21(30)23(17)33/h10-12,14-16,25,36H,9,13H2,1-8H3/t25-/m0/s1. The van der Waals surface area contributed by atoms with E-state index in [9.17, 15) is 14.3 Å². The van der Waals surface area contributed by atoms with Gasteiger partial charge in [0.05, 0.1) is 28.3 Å². The van der Waals surface area contributed by atoms with Crippen LogP contribution >= 0.6 is 34.8 Å². The molecule has 0 spiro atoms. The molecule has 2 rings (SSSR count). The van der Waals surface area contributed by atoms with Crippen molar-refractivity contribution in [1.82, 2.24) is 4.98 Å². The average Bonchev–Trinajstić information content (AvgIpc) is 2.84. The third-order valence-corrected chi connectivity index (χ3v) is 7.99. The number of esters is 1. The van der Waals surface area contributed by atoms with Gasteiger partial charge in [0, 0.05) is 23.9 Å². The van der Waals surface area contributed by atoms with Gasteiger partial charge in [0.15, 0.2) is 0 Å². The minimum absolute atomic E-state index is 0.0158. The Bertz CT molecular complexity index is 1280. The zero-order valence-electron chi connectivity index (χ0n) is 24.0. The Kier molecular flexibility index (Phi) is 12.2. The van der Waals surface area contributed by atoms with Crippen LogP contribution in [0.3, 0.4) is 0 Å². The van der Waals surface area contributed by atoms with Crippen LogP contribution in [-0.2, 0) is 20.4 Å². The number of aliphatic imine (C=N–C) groups is 1. The summed E-state index contributed by atoms with van der Waals surface area (Å²) in [6.45, 7) is 15.9. The molecule has 0 aliphatic rings. The normalized spacial score (nSPS) is 14.0. The van der Waals surface area contributed by atoms with Gasteiger partial charge in [-0.05, 0) is 49.4 Å². The Hall–Kier alpha value is -1.97. The van der Waals surface area contributed by atoms with Gasteiger partial charge in [-0.1, -0.05) is 81.6 Å². The van der Waals surface area contributed by atoms with Crippen molar-refractivity contribution in [2.45, 2.75) is 78.5 Å². The topological polar surface area (TPSA) is 81.0 Å². The highest BCUT2D eigenvalue weighted by atomic mass is 35.5. The molecule has 0 aliphatic heterocycles. The fraction of sp³-hybridized carbons (Fsp3) is 0.483. The van der Waals surface area contributed by atoms with Gasteiger partial charge in [0.25, 0.3) is 0 Å². The van der Waals surface area contributed by atoms with Gasteiger partial charge >= 0.3 is 5.97 Å². The maximum Gasteiger partial charge on any atom is 0.343 e. The van der Waals surface area contributed by atoms with Gasteiger partial charge in [-0.3, -0.25) is 4.99 Å². The molecular formula is C29H36Cl3FN2O4Si. The molecule has 1 aromatic heterocycles. The van der Waals surface area contributed by atoms with E-state index in [0.717, 1.165) is 0 Å². The summed E-state index contributed by atoms with van der Waals surface area (Å²) >= 11 is 18.6. The zero-order valence-corrected chi connectivity index (χ0v) is 27.3. The lowest BCUT2D eigenvalue weighted by Crippen LogP contribution is -2.43. The highest BCUT2D eigenvalue weighted by Crippen LogP contribution is 2.33. The van der Waals surface area contributed by atoms with Crippen LogP contribution in [0.2, 0.25) is 20.2 Å². The first kappa shape index (κ1) is 34.2. The van der Waals surface area contributed by atoms with Gasteiger partial charge < -0.3 is 14.3 Å². The van der Waals surface area contributed by atoms with E-state index in [4.69, 9.17) is 44.0 Å². The summed E-state index contributed by atoms with van der Waals surface area (Å²) in [6, 6.07) is 5.69. The van der Waals surface area contributed by atoms with Crippen LogP contribution in [0, 0.1) is 11.7 Å². The molecule has 2 aromatic rings. The first-order valence-electron chi connectivity index (χ1n) is 12.8. The number of carbonyl (C=O) groups is 1. The highest BCUT2D eigenvalue weighted by molar-refractivity contribution is 6.42. The van der Waals surface area contributed by atoms with Crippen LogP contribution in [0.5, 0.6) is 0 Å². The molecule has 1 heterocycles. The number of aromatic nitrogens is 1. The van der Waals surface area contributed by atoms with Crippen molar-refractivity contribution in [2.24, 2.45) is 10.9 Å². The molecule has 1 atom stereocenters. The molecule has 0 saturated carbocycles. The molecule has 1 N–H and O–H groups in total. The Labute approximate surface area is 253 Å². The Morgan fingerprint density at radius 3 is 2.42 bits per heavy atom. The van der Waals surface area contributed by atoms with Gasteiger partial charge in [0.2, 0.25) is 9.76 Å². The number of hydrogen-bond donors (Lipinski definition) is 1. The number of halogens is 4. The average molecular weight is 630 g/mol. The largest absolute Gasteiger partial charge is 0.506 e. The van der Waals surface area contributed by atoms with Crippen LogP contribution in [0.4, 0.5) is 4.39 Å². The molecule has 0 fully saturated rings. The fourth-order valence-corrected chi connectivity index (χ4v) is 5.19. The number of hydrogen-bond acceptors (Lipinski definition) is 6. The second-order valence-electron chi connectivity index (χ2n) is 11.2. The zero-order chi connectivity index (χ0) is 30.4. The van der Waals surface area contributed by atoms with Crippen molar-refractivity contribution in [3.63, 3.8) is 0 Å². The van der Waals surface area contributed by atoms with Crippen molar-refractivity contribution in [2.75, 3.05) is 6.61 Å². The number of rotatable bonds is 11. The van der Waals surface area contributed by atoms with Crippen molar-refractivity contribution in [3.8, 4) is 0 Å². The monoisotopic (exact) mass is 628 g/mol. The summed E-state index contributed by atoms with van der Waals surface area (Å²) < 4.78 is 26.0. The summed E-state index contributed by atoms with van der Waals surface area (Å²) in [5, 5.41) is 11.1. The molecule has 6 nitrogen and oxygen atoms in total. The molecule has 40 heavy (non-hydrogen) atoms. The maximum atomic E-state index is 14.5. The van der Waals surface area contributed by atoms with Crippen molar-refractivity contribution in [3.05, 3.63) is 67.7 Å². The Morgan fingerprint density at radius 2 is 1.85 bits per heavy atom. The van der Waals surface area contributed by atoms with Gasteiger partial charge in [-0.25, -0.2) is 14.2 Å². The predicted molar refractivity (Wildman–Crippen MR) is 162 cm³/mol. The highest BCUT2D eigenvalue weighted by Gasteiger charge is 2.34. The van der Waals surface area contributed by atoms with E-state index >= 15 is 0 Å². The van der Waals surface area contributed by atoms with E-state index in [1.807, 2.05) is 27.7 Å². The SMILES string of the molecule is CCOC(=O)C(C=N[C@@H](C(C)C)C(C)(C)O[Si]C(C)(C)C)=C(O)c1cc(Cc2cccc(Cl)c2F)nc(Cl)c1Cl. The molecule has 2 radical (unpaired) electrons. The van der Waals surface area contributed by atoms with Gasteiger partial charge in [0.1, 0.15) is 22.3 Å². The number of carbonyl (C=O) groups excluding carboxylic acids is 1. The third-order valence-electron chi connectivity index (χ3n) is 5.71. The van der Waals surface area contributed by atoms with E-state index < -0.39 is 23.1 Å². The molecule has 11 heteroatoms. The van der Waals surface area contributed by atoms with E-state index in [1.54, 1.807) is 19.1 Å². The second kappa shape index (κ2) is 14.3. The van der Waals surface area contributed by atoms with Crippen LogP contribution in [0.25, 0.3) is 5.76 Å². The molecule has 0 aliphatic carbocycles. The van der Waals surface area contributed by atoms with Crippen LogP contribution < -0.4 is 0 Å². The molecule has 0 unspecified atom stereocenters. The number of pyridine rings is 1. The van der Waals surface area contributed by atoms with E-state index in [-0.39, 0.29) is 71.7 Å². The molecule has 0 saturated heterocycles. The molecule has 218 valence electrons. The van der Waals surface area contributed by atoms with E-state index in [0.29, 0.717) is 5.69 Å². The fourth-order valence-electron chi connectivity index (χ4n) is 3.91. The number of aliphatic hydroxyl groups is 1. The van der Waals surface area contributed by atoms with Gasteiger partial charge in [-0.2, -0.15) is 0 Å². The number of benzene rings is 1. The lowest BCUT2D eigenvalue weighted by molar-refractivity contribution is -0.137. The first-order valence-corrected chi connectivity index (χ1v) is 14.9. The molecule has 0 amide bonds. The number of ether oxygens (including phenoxy) is 1. The van der Waals surface area contributed by atoms with Crippen molar-refractivity contribution >= 4 is 62.5 Å². The number of nitrogens with zero attached hydrogens (tertiary/aromatic N) is 2. The van der Waals surface area contributed by atoms with E-state index in [2.05, 4.69) is 30.7 Å². The quantitative estimate of drug-likeness (QED) is 0.0675. The van der Waals surface area contributed by atoms with Crippen LogP contribution in [0.1, 0.15) is 72.2 Å². The summed E-state index contributed by atoms with van der Waals surface area (Å²) in [4.78, 5) is 21.9. The summed E-state index contributed by atoms with van der Waals surface area (Å²) in [5.41, 5.74) is -0.282. The first-order chi connectivity index (χ1) is 18.5. The number of aliphatic hydroxyl groups excluding tert-OH is 1. The smallest absolute Gasteiger partial charge is 0.343 e. The maximum absolute atomic E-state index is 14.5. The van der Waals surface area contributed by atoms with Crippen LogP contribution in [-0.4, -0.2) is 50.3 Å². The Balaban J connectivity index is 2.60. The predicted octanol–water partition coefficient (Wildman–Crippen LogP) is 8.33. The molecule has 1 aromatic carbocycles. The second-order valence-corrected chi connectivity index (χ2v) is 14.2. The van der Waals surface area contributed by atoms with Crippen molar-refractivity contribution < 1.29 is 23.5 Å². The van der Waals surface area contributed by atoms with Crippen LogP contribution in [0.15, 0.2) is 34.8 Å². The molecular weight excluding hydrogens is 594 g/mol. The molecule has 0 bridgehead atoms. The minimum Gasteiger partial charge on any atom is -0.506 e.